The normalized spacial score (nSPS) is 29.0. The van der Waals surface area contributed by atoms with E-state index < -0.39 is 24.0 Å². The fourth-order valence-corrected chi connectivity index (χ4v) is 4.85. The number of carboxylic acids is 1. The Morgan fingerprint density at radius 1 is 1.36 bits per heavy atom. The number of rotatable bonds is 7. The van der Waals surface area contributed by atoms with Gasteiger partial charge in [0.25, 0.3) is 12.1 Å². The van der Waals surface area contributed by atoms with Crippen LogP contribution in [0.25, 0.3) is 5.70 Å². The highest BCUT2D eigenvalue weighted by Crippen LogP contribution is 2.53. The van der Waals surface area contributed by atoms with Gasteiger partial charge in [0.1, 0.15) is 0 Å². The SMILES string of the molecule is COC1(C(=O)O)CC(/C=[N+]2/NC(C(F)F)C=C2c2nc(C3(c4ccccc4C)CC3)no2)C1. The number of hydrazine groups is 1. The van der Waals surface area contributed by atoms with Gasteiger partial charge in [-0.05, 0) is 43.7 Å². The molecule has 2 heterocycles. The first-order valence-corrected chi connectivity index (χ1v) is 10.9. The maximum atomic E-state index is 13.5. The lowest BCUT2D eigenvalue weighted by Gasteiger charge is -2.40. The number of carboxylic acid groups (broad SMARTS) is 1. The first-order valence-electron chi connectivity index (χ1n) is 10.9. The summed E-state index contributed by atoms with van der Waals surface area (Å²) in [4.78, 5) is 16.1. The van der Waals surface area contributed by atoms with Crippen LogP contribution in [0, 0.1) is 12.8 Å². The summed E-state index contributed by atoms with van der Waals surface area (Å²) in [5.41, 5.74) is 3.80. The van der Waals surface area contributed by atoms with Gasteiger partial charge in [0.05, 0.1) is 5.41 Å². The summed E-state index contributed by atoms with van der Waals surface area (Å²) in [6.07, 6.45) is 2.68. The Hall–Kier alpha value is -3.14. The van der Waals surface area contributed by atoms with Gasteiger partial charge >= 0.3 is 11.9 Å². The van der Waals surface area contributed by atoms with Crippen molar-refractivity contribution < 1.29 is 32.6 Å². The minimum Gasteiger partial charge on any atom is -0.479 e. The zero-order valence-electron chi connectivity index (χ0n) is 18.3. The van der Waals surface area contributed by atoms with Crippen molar-refractivity contribution in [2.45, 2.75) is 56.1 Å². The monoisotopic (exact) mass is 459 g/mol. The van der Waals surface area contributed by atoms with E-state index in [1.165, 1.54) is 17.9 Å². The minimum absolute atomic E-state index is 0.146. The first kappa shape index (κ1) is 21.7. The number of methoxy groups -OCH3 is 1. The molecule has 33 heavy (non-hydrogen) atoms. The van der Waals surface area contributed by atoms with Crippen LogP contribution in [0.15, 0.2) is 34.9 Å². The number of hydrogen-bond acceptors (Lipinski definition) is 6. The smallest absolute Gasteiger partial charge is 0.336 e. The molecule has 2 aromatic rings. The third-order valence-corrected chi connectivity index (χ3v) is 6.96. The molecule has 8 nitrogen and oxygen atoms in total. The largest absolute Gasteiger partial charge is 0.479 e. The molecule has 0 radical (unpaired) electrons. The number of aromatic nitrogens is 2. The van der Waals surface area contributed by atoms with Crippen molar-refractivity contribution in [2.24, 2.45) is 5.92 Å². The summed E-state index contributed by atoms with van der Waals surface area (Å²) in [5, 5.41) is 13.6. The highest BCUT2D eigenvalue weighted by atomic mass is 19.3. The molecule has 1 aromatic carbocycles. The second-order valence-electron chi connectivity index (χ2n) is 9.05. The number of aryl methyl sites for hydroxylation is 1. The molecule has 2 fully saturated rings. The molecule has 2 saturated carbocycles. The maximum Gasteiger partial charge on any atom is 0.336 e. The Labute approximate surface area is 188 Å². The van der Waals surface area contributed by atoms with Gasteiger partial charge in [0.15, 0.2) is 23.7 Å². The van der Waals surface area contributed by atoms with Gasteiger partial charge < -0.3 is 14.4 Å². The van der Waals surface area contributed by atoms with Crippen LogP contribution in [-0.4, -0.2) is 57.3 Å². The number of nitrogens with one attached hydrogen (secondary N) is 1. The number of alkyl halides is 2. The zero-order valence-corrected chi connectivity index (χ0v) is 18.3. The fourth-order valence-electron chi connectivity index (χ4n) is 4.85. The van der Waals surface area contributed by atoms with Gasteiger partial charge in [-0.25, -0.2) is 13.6 Å². The summed E-state index contributed by atoms with van der Waals surface area (Å²) < 4.78 is 39.1. The molecule has 3 aliphatic rings. The molecule has 174 valence electrons. The second kappa shape index (κ2) is 7.72. The Morgan fingerprint density at radius 2 is 2.09 bits per heavy atom. The van der Waals surface area contributed by atoms with E-state index in [0.29, 0.717) is 11.5 Å². The number of halogens is 2. The predicted octanol–water partition coefficient (Wildman–Crippen LogP) is 2.91. The summed E-state index contributed by atoms with van der Waals surface area (Å²) in [7, 11) is 1.36. The van der Waals surface area contributed by atoms with Crippen molar-refractivity contribution >= 4 is 17.9 Å². The first-order chi connectivity index (χ1) is 15.8. The molecule has 1 atom stereocenters. The average molecular weight is 459 g/mol. The molecular formula is C23H25F2N4O4+. The lowest BCUT2D eigenvalue weighted by atomic mass is 9.71. The van der Waals surface area contributed by atoms with E-state index in [4.69, 9.17) is 9.26 Å². The highest BCUT2D eigenvalue weighted by molar-refractivity contribution is 5.81. The highest BCUT2D eigenvalue weighted by Gasteiger charge is 2.54. The summed E-state index contributed by atoms with van der Waals surface area (Å²) in [5.74, 6) is -0.511. The third kappa shape index (κ3) is 3.52. The Balaban J connectivity index is 1.43. The molecule has 5 rings (SSSR count). The van der Waals surface area contributed by atoms with Crippen LogP contribution < -0.4 is 5.43 Å². The molecule has 0 amide bonds. The van der Waals surface area contributed by atoms with Gasteiger partial charge in [-0.2, -0.15) is 10.4 Å². The van der Waals surface area contributed by atoms with Gasteiger partial charge in [0.2, 0.25) is 0 Å². The van der Waals surface area contributed by atoms with E-state index in [9.17, 15) is 18.7 Å². The standard InChI is InChI=1S/C23H24F2N4O4/c1-13-5-3-4-6-15(13)22(7-8-22)20-26-19(33-28-20)17-9-16(18(24)25)27-29(17)12-14-10-23(11-14,32-2)21(30)31/h3-6,9,12,14,16,18,27H,7-8,10-11H2,1-2H3/p+1/b29-12+. The lowest BCUT2D eigenvalue weighted by molar-refractivity contribution is -0.496. The number of benzene rings is 1. The topological polar surface area (TPSA) is 100 Å². The molecule has 2 aliphatic carbocycles. The molecule has 0 bridgehead atoms. The molecular weight excluding hydrogens is 434 g/mol. The molecule has 0 spiro atoms. The third-order valence-electron chi connectivity index (χ3n) is 6.96. The number of carbonyl (C=O) groups is 1. The summed E-state index contributed by atoms with van der Waals surface area (Å²) in [6.45, 7) is 2.04. The van der Waals surface area contributed by atoms with Crippen LogP contribution in [0.4, 0.5) is 8.78 Å². The quantitative estimate of drug-likeness (QED) is 0.614. The maximum absolute atomic E-state index is 13.5. The van der Waals surface area contributed by atoms with Crippen molar-refractivity contribution in [3.63, 3.8) is 0 Å². The van der Waals surface area contributed by atoms with Crippen molar-refractivity contribution in [1.82, 2.24) is 15.6 Å². The molecule has 1 unspecified atom stereocenters. The second-order valence-corrected chi connectivity index (χ2v) is 9.05. The van der Waals surface area contributed by atoms with E-state index in [-0.39, 0.29) is 30.1 Å². The van der Waals surface area contributed by atoms with Crippen molar-refractivity contribution in [3.8, 4) is 0 Å². The van der Waals surface area contributed by atoms with Gasteiger partial charge in [-0.3, -0.25) is 0 Å². The average Bonchev–Trinajstić information content (AvgIpc) is 3.20. The van der Waals surface area contributed by atoms with Gasteiger partial charge in [0, 0.05) is 19.1 Å². The molecule has 1 aliphatic heterocycles. The Morgan fingerprint density at radius 3 is 2.70 bits per heavy atom. The van der Waals surface area contributed by atoms with Crippen LogP contribution in [0.2, 0.25) is 0 Å². The van der Waals surface area contributed by atoms with Crippen LogP contribution in [0.5, 0.6) is 0 Å². The van der Waals surface area contributed by atoms with E-state index in [0.717, 1.165) is 24.0 Å². The van der Waals surface area contributed by atoms with Crippen LogP contribution in [0.3, 0.4) is 0 Å². The van der Waals surface area contributed by atoms with Gasteiger partial charge in [-0.1, -0.05) is 34.1 Å². The lowest BCUT2D eigenvalue weighted by Crippen LogP contribution is -2.53. The van der Waals surface area contributed by atoms with Crippen molar-refractivity contribution in [1.29, 1.82) is 0 Å². The molecule has 10 heteroatoms. The van der Waals surface area contributed by atoms with E-state index in [1.54, 1.807) is 6.21 Å². The predicted molar refractivity (Wildman–Crippen MR) is 113 cm³/mol. The molecule has 2 N–H and O–H groups in total. The molecule has 1 aromatic heterocycles. The molecule has 0 saturated heterocycles. The van der Waals surface area contributed by atoms with Crippen LogP contribution in [0.1, 0.15) is 48.5 Å². The van der Waals surface area contributed by atoms with Crippen LogP contribution in [-0.2, 0) is 14.9 Å². The number of aliphatic carboxylic acids is 1. The minimum atomic E-state index is -2.64. The van der Waals surface area contributed by atoms with Crippen molar-refractivity contribution in [3.05, 3.63) is 53.2 Å². The van der Waals surface area contributed by atoms with Gasteiger partial charge in [-0.15, -0.1) is 0 Å². The summed E-state index contributed by atoms with van der Waals surface area (Å²) >= 11 is 0. The number of hydrogen-bond donors (Lipinski definition) is 2. The van der Waals surface area contributed by atoms with E-state index >= 15 is 0 Å². The number of ether oxygens (including phenoxy) is 1. The number of nitrogens with zero attached hydrogens (tertiary/aromatic N) is 3. The Bertz CT molecular complexity index is 1150. The van der Waals surface area contributed by atoms with E-state index in [1.807, 2.05) is 25.1 Å². The fraction of sp³-hybridized carbons (Fsp3) is 0.478. The van der Waals surface area contributed by atoms with Crippen molar-refractivity contribution in [2.75, 3.05) is 7.11 Å². The van der Waals surface area contributed by atoms with Crippen LogP contribution >= 0.6 is 0 Å². The Kier molecular flexibility index (Phi) is 5.08. The van der Waals surface area contributed by atoms with E-state index in [2.05, 4.69) is 21.6 Å². The number of hydrazone groups is 1. The zero-order chi connectivity index (χ0) is 23.4. The summed E-state index contributed by atoms with van der Waals surface area (Å²) in [6, 6.07) is 6.84.